The molecule has 3 aromatic rings. The fourth-order valence-corrected chi connectivity index (χ4v) is 3.70. The maximum atomic E-state index is 14.0. The van der Waals surface area contributed by atoms with E-state index in [1.807, 2.05) is 30.3 Å². The molecule has 7 heteroatoms. The lowest BCUT2D eigenvalue weighted by molar-refractivity contribution is 0.0870. The Morgan fingerprint density at radius 1 is 1.04 bits per heavy atom. The average Bonchev–Trinajstić information content (AvgIpc) is 3.22. The minimum absolute atomic E-state index is 0.0316. The minimum Gasteiger partial charge on any atom is -0.419 e. The van der Waals surface area contributed by atoms with Gasteiger partial charge in [0.15, 0.2) is 0 Å². The van der Waals surface area contributed by atoms with Crippen LogP contribution in [0.15, 0.2) is 52.9 Å². The van der Waals surface area contributed by atoms with Crippen molar-refractivity contribution in [2.75, 3.05) is 26.2 Å². The fourth-order valence-electron chi connectivity index (χ4n) is 3.47. The zero-order chi connectivity index (χ0) is 19.5. The second kappa shape index (κ2) is 8.39. The molecule has 146 valence electrons. The number of halogens is 2. The van der Waals surface area contributed by atoms with Gasteiger partial charge in [0, 0.05) is 48.9 Å². The van der Waals surface area contributed by atoms with Crippen molar-refractivity contribution < 1.29 is 8.81 Å². The van der Waals surface area contributed by atoms with E-state index in [1.165, 1.54) is 6.07 Å². The summed E-state index contributed by atoms with van der Waals surface area (Å²) in [6, 6.07) is 14.6. The molecule has 1 aliphatic heterocycles. The minimum atomic E-state index is -0.248. The van der Waals surface area contributed by atoms with Crippen LogP contribution in [0.4, 0.5) is 4.39 Å². The van der Waals surface area contributed by atoms with Crippen molar-refractivity contribution in [2.24, 2.45) is 0 Å². The average molecular weight is 401 g/mol. The van der Waals surface area contributed by atoms with Gasteiger partial charge < -0.3 is 4.42 Å². The molecule has 0 spiro atoms. The van der Waals surface area contributed by atoms with Gasteiger partial charge in [-0.25, -0.2) is 4.39 Å². The molecule has 0 N–H and O–H groups in total. The molecule has 0 aliphatic carbocycles. The molecule has 28 heavy (non-hydrogen) atoms. The number of benzene rings is 2. The van der Waals surface area contributed by atoms with E-state index in [4.69, 9.17) is 16.0 Å². The van der Waals surface area contributed by atoms with Crippen LogP contribution >= 0.6 is 11.6 Å². The monoisotopic (exact) mass is 400 g/mol. The smallest absolute Gasteiger partial charge is 0.247 e. The van der Waals surface area contributed by atoms with Crippen LogP contribution in [0.1, 0.15) is 24.4 Å². The summed E-state index contributed by atoms with van der Waals surface area (Å²) in [5.74, 6) is 0.905. The molecule has 2 aromatic carbocycles. The molecule has 0 amide bonds. The molecule has 2 heterocycles. The van der Waals surface area contributed by atoms with E-state index in [0.29, 0.717) is 28.9 Å². The summed E-state index contributed by atoms with van der Waals surface area (Å²) >= 11 is 6.16. The third-order valence-corrected chi connectivity index (χ3v) is 5.57. The van der Waals surface area contributed by atoms with Crippen molar-refractivity contribution in [3.05, 3.63) is 70.8 Å². The standard InChI is InChI=1S/C21H22ClFN4O/c1-15(20-24-25-21(28-20)16-6-3-2-4-7-16)27-12-10-26(11-13-27)14-17-18(22)8-5-9-19(17)23/h2-9,15H,10-14H2,1H3/t15-/m1/s1. The normalized spacial score (nSPS) is 17.0. The Bertz CT molecular complexity index is 905. The van der Waals surface area contributed by atoms with Crippen molar-refractivity contribution in [3.8, 4) is 11.5 Å². The molecule has 0 unspecified atom stereocenters. The first-order chi connectivity index (χ1) is 13.6. The molecule has 4 rings (SSSR count). The zero-order valence-corrected chi connectivity index (χ0v) is 16.4. The number of hydrogen-bond acceptors (Lipinski definition) is 5. The Morgan fingerprint density at radius 2 is 1.79 bits per heavy atom. The van der Waals surface area contributed by atoms with Gasteiger partial charge in [0.25, 0.3) is 0 Å². The van der Waals surface area contributed by atoms with Gasteiger partial charge >= 0.3 is 0 Å². The third kappa shape index (κ3) is 4.09. The van der Waals surface area contributed by atoms with E-state index in [2.05, 4.69) is 26.9 Å². The summed E-state index contributed by atoms with van der Waals surface area (Å²) in [6.45, 7) is 5.94. The van der Waals surface area contributed by atoms with Gasteiger partial charge in [-0.05, 0) is 31.2 Å². The quantitative estimate of drug-likeness (QED) is 0.634. The molecule has 0 radical (unpaired) electrons. The van der Waals surface area contributed by atoms with Crippen molar-refractivity contribution in [3.63, 3.8) is 0 Å². The van der Waals surface area contributed by atoms with E-state index in [9.17, 15) is 4.39 Å². The van der Waals surface area contributed by atoms with Crippen LogP contribution in [-0.4, -0.2) is 46.2 Å². The summed E-state index contributed by atoms with van der Waals surface area (Å²) in [4.78, 5) is 4.53. The van der Waals surface area contributed by atoms with Gasteiger partial charge in [-0.1, -0.05) is 35.9 Å². The van der Waals surface area contributed by atoms with E-state index in [1.54, 1.807) is 12.1 Å². The van der Waals surface area contributed by atoms with E-state index in [-0.39, 0.29) is 11.9 Å². The van der Waals surface area contributed by atoms with Crippen molar-refractivity contribution in [2.45, 2.75) is 19.5 Å². The predicted octanol–water partition coefficient (Wildman–Crippen LogP) is 4.41. The molecule has 0 saturated carbocycles. The van der Waals surface area contributed by atoms with Crippen molar-refractivity contribution in [1.29, 1.82) is 0 Å². The first kappa shape index (κ1) is 19.1. The van der Waals surface area contributed by atoms with Gasteiger partial charge in [0.2, 0.25) is 11.8 Å². The fraction of sp³-hybridized carbons (Fsp3) is 0.333. The Morgan fingerprint density at radius 3 is 2.50 bits per heavy atom. The SMILES string of the molecule is C[C@H](c1nnc(-c2ccccc2)o1)N1CCN(Cc2c(F)cccc2Cl)CC1. The van der Waals surface area contributed by atoms with Gasteiger partial charge in [0.05, 0.1) is 6.04 Å². The van der Waals surface area contributed by atoms with Gasteiger partial charge in [-0.2, -0.15) is 0 Å². The second-order valence-corrected chi connectivity index (χ2v) is 7.41. The zero-order valence-electron chi connectivity index (χ0n) is 15.7. The lowest BCUT2D eigenvalue weighted by Crippen LogP contribution is -2.46. The molecule has 5 nitrogen and oxygen atoms in total. The van der Waals surface area contributed by atoms with Crippen LogP contribution in [0.5, 0.6) is 0 Å². The molecule has 1 aliphatic rings. The highest BCUT2D eigenvalue weighted by Crippen LogP contribution is 2.26. The first-order valence-electron chi connectivity index (χ1n) is 9.40. The Hall–Kier alpha value is -2.28. The molecule has 1 fully saturated rings. The molecular formula is C21H22ClFN4O. The van der Waals surface area contributed by atoms with Crippen molar-refractivity contribution in [1.82, 2.24) is 20.0 Å². The number of rotatable bonds is 5. The molecule has 0 bridgehead atoms. The highest BCUT2D eigenvalue weighted by molar-refractivity contribution is 6.31. The summed E-state index contributed by atoms with van der Waals surface area (Å²) < 4.78 is 19.9. The summed E-state index contributed by atoms with van der Waals surface area (Å²) in [5.41, 5.74) is 1.48. The molecular weight excluding hydrogens is 379 g/mol. The number of aromatic nitrogens is 2. The predicted molar refractivity (Wildman–Crippen MR) is 106 cm³/mol. The van der Waals surface area contributed by atoms with E-state index >= 15 is 0 Å². The van der Waals surface area contributed by atoms with Crippen LogP contribution in [0.3, 0.4) is 0 Å². The molecule has 1 saturated heterocycles. The first-order valence-corrected chi connectivity index (χ1v) is 9.78. The topological polar surface area (TPSA) is 45.4 Å². The van der Waals surface area contributed by atoms with Crippen LogP contribution in [0.2, 0.25) is 5.02 Å². The Labute approximate surface area is 168 Å². The largest absolute Gasteiger partial charge is 0.419 e. The molecule has 1 aromatic heterocycles. The van der Waals surface area contributed by atoms with E-state index < -0.39 is 0 Å². The van der Waals surface area contributed by atoms with Crippen LogP contribution in [0.25, 0.3) is 11.5 Å². The van der Waals surface area contributed by atoms with Gasteiger partial charge in [-0.15, -0.1) is 10.2 Å². The highest BCUT2D eigenvalue weighted by Gasteiger charge is 2.26. The van der Waals surface area contributed by atoms with E-state index in [0.717, 1.165) is 31.7 Å². The third-order valence-electron chi connectivity index (χ3n) is 5.22. The number of hydrogen-bond donors (Lipinski definition) is 0. The lowest BCUT2D eigenvalue weighted by atomic mass is 10.1. The summed E-state index contributed by atoms with van der Waals surface area (Å²) in [6.07, 6.45) is 0. The summed E-state index contributed by atoms with van der Waals surface area (Å²) in [7, 11) is 0. The van der Waals surface area contributed by atoms with Crippen LogP contribution < -0.4 is 0 Å². The molecule has 1 atom stereocenters. The highest BCUT2D eigenvalue weighted by atomic mass is 35.5. The lowest BCUT2D eigenvalue weighted by Gasteiger charge is -2.37. The Kier molecular flexibility index (Phi) is 5.71. The van der Waals surface area contributed by atoms with Crippen LogP contribution in [-0.2, 0) is 6.54 Å². The van der Waals surface area contributed by atoms with Gasteiger partial charge in [0.1, 0.15) is 5.82 Å². The maximum Gasteiger partial charge on any atom is 0.247 e. The maximum absolute atomic E-state index is 14.0. The number of piperazine rings is 1. The van der Waals surface area contributed by atoms with Crippen LogP contribution in [0, 0.1) is 5.82 Å². The summed E-state index contributed by atoms with van der Waals surface area (Å²) in [5, 5.41) is 8.90. The van der Waals surface area contributed by atoms with Gasteiger partial charge in [-0.3, -0.25) is 9.80 Å². The Balaban J connectivity index is 1.37. The van der Waals surface area contributed by atoms with Crippen molar-refractivity contribution >= 4 is 11.6 Å². The number of nitrogens with zero attached hydrogens (tertiary/aromatic N) is 4. The second-order valence-electron chi connectivity index (χ2n) is 7.00.